The van der Waals surface area contributed by atoms with Gasteiger partial charge in [-0.1, -0.05) is 12.1 Å². The molecule has 3 aromatic rings. The van der Waals surface area contributed by atoms with Gasteiger partial charge >= 0.3 is 0 Å². The number of nitrogens with zero attached hydrogens (tertiary/aromatic N) is 2. The summed E-state index contributed by atoms with van der Waals surface area (Å²) in [5.74, 6) is 1.63. The Bertz CT molecular complexity index is 1020. The Kier molecular flexibility index (Phi) is 6.97. The van der Waals surface area contributed by atoms with Crippen LogP contribution in [0.3, 0.4) is 0 Å². The fourth-order valence-corrected chi connectivity index (χ4v) is 4.29. The monoisotopic (exact) mass is 437 g/mol. The molecule has 1 aliphatic rings. The molecule has 0 radical (unpaired) electrons. The molecule has 0 spiro atoms. The topological polar surface area (TPSA) is 68.9 Å². The van der Waals surface area contributed by atoms with Crippen molar-refractivity contribution in [2.45, 2.75) is 26.4 Å². The molecular weight excluding hydrogens is 406 g/mol. The number of carbonyl (C=O) groups excluding carboxylic acids is 1. The average molecular weight is 438 g/mol. The first-order valence-corrected chi connectivity index (χ1v) is 11.0. The molecule has 1 fully saturated rings. The zero-order valence-corrected chi connectivity index (χ0v) is 19.0. The molecule has 1 atom stereocenters. The molecule has 2 aromatic heterocycles. The van der Waals surface area contributed by atoms with Crippen LogP contribution >= 0.6 is 0 Å². The van der Waals surface area contributed by atoms with Crippen molar-refractivity contribution in [1.29, 1.82) is 0 Å². The van der Waals surface area contributed by atoms with Crippen LogP contribution in [0.2, 0.25) is 0 Å². The number of furan rings is 1. The first kappa shape index (κ1) is 22.2. The smallest absolute Gasteiger partial charge is 0.253 e. The van der Waals surface area contributed by atoms with Gasteiger partial charge in [0.2, 0.25) is 0 Å². The number of aromatic nitrogens is 1. The summed E-state index contributed by atoms with van der Waals surface area (Å²) in [6.07, 6.45) is 1.67. The molecule has 1 saturated heterocycles. The number of methoxy groups -OCH3 is 1. The normalized spacial score (nSPS) is 15.5. The van der Waals surface area contributed by atoms with Crippen LogP contribution < -0.4 is 10.1 Å². The molecule has 4 rings (SSSR count). The number of rotatable bonds is 8. The minimum atomic E-state index is -0.0597. The van der Waals surface area contributed by atoms with Crippen molar-refractivity contribution >= 4 is 5.91 Å². The lowest BCUT2D eigenvalue weighted by Gasteiger charge is -2.35. The maximum atomic E-state index is 13.1. The third-order valence-corrected chi connectivity index (χ3v) is 6.16. The van der Waals surface area contributed by atoms with Crippen molar-refractivity contribution in [1.82, 2.24) is 14.8 Å². The van der Waals surface area contributed by atoms with E-state index in [2.05, 4.69) is 26.9 Å². The van der Waals surface area contributed by atoms with E-state index in [1.54, 1.807) is 13.4 Å². The second-order valence-corrected chi connectivity index (χ2v) is 8.10. The van der Waals surface area contributed by atoms with Gasteiger partial charge in [0.15, 0.2) is 0 Å². The van der Waals surface area contributed by atoms with Crippen molar-refractivity contribution < 1.29 is 18.7 Å². The van der Waals surface area contributed by atoms with Crippen LogP contribution in [0.15, 0.2) is 53.1 Å². The van der Waals surface area contributed by atoms with Crippen LogP contribution in [0.4, 0.5) is 0 Å². The van der Waals surface area contributed by atoms with Crippen molar-refractivity contribution in [3.63, 3.8) is 0 Å². The van der Waals surface area contributed by atoms with Gasteiger partial charge in [-0.15, -0.1) is 0 Å². The molecule has 7 nitrogen and oxygen atoms in total. The number of nitrogens with one attached hydrogen (secondary N) is 1. The quantitative estimate of drug-likeness (QED) is 0.584. The molecule has 3 heterocycles. The minimum absolute atomic E-state index is 0.0597. The van der Waals surface area contributed by atoms with Crippen LogP contribution in [0.25, 0.3) is 0 Å². The third-order valence-electron chi connectivity index (χ3n) is 6.16. The number of aryl methyl sites for hydroxylation is 1. The van der Waals surface area contributed by atoms with E-state index < -0.39 is 0 Å². The molecule has 1 N–H and O–H groups in total. The molecule has 1 unspecified atom stereocenters. The Morgan fingerprint density at radius 1 is 1.16 bits per heavy atom. The molecule has 1 aliphatic heterocycles. The summed E-state index contributed by atoms with van der Waals surface area (Å²) in [4.78, 5) is 15.5. The summed E-state index contributed by atoms with van der Waals surface area (Å²) in [6, 6.07) is 13.9. The molecule has 1 amide bonds. The van der Waals surface area contributed by atoms with Crippen molar-refractivity contribution in [3.05, 3.63) is 77.0 Å². The summed E-state index contributed by atoms with van der Waals surface area (Å²) in [7, 11) is 1.66. The van der Waals surface area contributed by atoms with Crippen molar-refractivity contribution in [2.75, 3.05) is 40.0 Å². The average Bonchev–Trinajstić information content (AvgIpc) is 3.44. The SMILES string of the molecule is COc1ccc(C(CNC(=O)c2cc(C)n(Cc3ccco3)c2C)N2CCOCC2)cc1. The fraction of sp³-hybridized carbons (Fsp3) is 0.400. The molecule has 7 heteroatoms. The van der Waals surface area contributed by atoms with Gasteiger partial charge in [-0.2, -0.15) is 0 Å². The Labute approximate surface area is 188 Å². The molecule has 0 saturated carbocycles. The second-order valence-electron chi connectivity index (χ2n) is 8.10. The van der Waals surface area contributed by atoms with Gasteiger partial charge in [0.05, 0.1) is 44.7 Å². The van der Waals surface area contributed by atoms with E-state index in [-0.39, 0.29) is 11.9 Å². The number of carbonyl (C=O) groups is 1. The van der Waals surface area contributed by atoms with Gasteiger partial charge < -0.3 is 23.8 Å². The van der Waals surface area contributed by atoms with Crippen molar-refractivity contribution in [3.8, 4) is 5.75 Å². The standard InChI is InChI=1S/C25H31N3O4/c1-18-15-23(19(2)28(18)17-22-5-4-12-32-22)25(29)26-16-24(27-10-13-31-14-11-27)20-6-8-21(30-3)9-7-20/h4-9,12,15,24H,10-11,13-14,16-17H2,1-3H3,(H,26,29). The van der Waals surface area contributed by atoms with E-state index in [1.807, 2.05) is 44.2 Å². The number of hydrogen-bond acceptors (Lipinski definition) is 5. The Morgan fingerprint density at radius 2 is 1.91 bits per heavy atom. The Hall–Kier alpha value is -3.03. The van der Waals surface area contributed by atoms with Gasteiger partial charge in [0.1, 0.15) is 11.5 Å². The van der Waals surface area contributed by atoms with E-state index >= 15 is 0 Å². The van der Waals surface area contributed by atoms with E-state index in [0.717, 1.165) is 41.6 Å². The number of morpholine rings is 1. The highest BCUT2D eigenvalue weighted by Gasteiger charge is 2.24. The zero-order valence-electron chi connectivity index (χ0n) is 19.0. The zero-order chi connectivity index (χ0) is 22.5. The highest BCUT2D eigenvalue weighted by atomic mass is 16.5. The number of hydrogen-bond donors (Lipinski definition) is 1. The lowest BCUT2D eigenvalue weighted by Crippen LogP contribution is -2.43. The first-order valence-electron chi connectivity index (χ1n) is 11.0. The lowest BCUT2D eigenvalue weighted by molar-refractivity contribution is 0.0162. The van der Waals surface area contributed by atoms with E-state index in [0.29, 0.717) is 31.9 Å². The van der Waals surface area contributed by atoms with Crippen LogP contribution in [0, 0.1) is 13.8 Å². The van der Waals surface area contributed by atoms with E-state index in [1.165, 1.54) is 0 Å². The summed E-state index contributed by atoms with van der Waals surface area (Å²) in [6.45, 7) is 8.21. The Morgan fingerprint density at radius 3 is 2.56 bits per heavy atom. The summed E-state index contributed by atoms with van der Waals surface area (Å²) >= 11 is 0. The highest BCUT2D eigenvalue weighted by Crippen LogP contribution is 2.24. The summed E-state index contributed by atoms with van der Waals surface area (Å²) in [5, 5.41) is 3.17. The maximum absolute atomic E-state index is 13.1. The van der Waals surface area contributed by atoms with Crippen molar-refractivity contribution in [2.24, 2.45) is 0 Å². The van der Waals surface area contributed by atoms with Crippen LogP contribution in [-0.4, -0.2) is 55.3 Å². The van der Waals surface area contributed by atoms with Crippen LogP contribution in [-0.2, 0) is 11.3 Å². The maximum Gasteiger partial charge on any atom is 0.253 e. The van der Waals surface area contributed by atoms with Gasteiger partial charge in [-0.05, 0) is 49.7 Å². The molecule has 0 bridgehead atoms. The molecule has 32 heavy (non-hydrogen) atoms. The number of amides is 1. The largest absolute Gasteiger partial charge is 0.497 e. The highest BCUT2D eigenvalue weighted by molar-refractivity contribution is 5.95. The van der Waals surface area contributed by atoms with Gasteiger partial charge in [0.25, 0.3) is 5.91 Å². The molecule has 1 aromatic carbocycles. The molecular formula is C25H31N3O4. The van der Waals surface area contributed by atoms with E-state index in [4.69, 9.17) is 13.9 Å². The van der Waals surface area contributed by atoms with Crippen LogP contribution in [0.1, 0.15) is 39.1 Å². The molecule has 0 aliphatic carbocycles. The summed E-state index contributed by atoms with van der Waals surface area (Å²) in [5.41, 5.74) is 3.81. The number of ether oxygens (including phenoxy) is 2. The van der Waals surface area contributed by atoms with Gasteiger partial charge in [-0.3, -0.25) is 9.69 Å². The number of benzene rings is 1. The third kappa shape index (κ3) is 4.89. The predicted molar refractivity (Wildman–Crippen MR) is 122 cm³/mol. The summed E-state index contributed by atoms with van der Waals surface area (Å²) < 4.78 is 18.4. The van der Waals surface area contributed by atoms with Gasteiger partial charge in [-0.25, -0.2) is 0 Å². The minimum Gasteiger partial charge on any atom is -0.497 e. The van der Waals surface area contributed by atoms with Gasteiger partial charge in [0, 0.05) is 31.0 Å². The first-order chi connectivity index (χ1) is 15.6. The lowest BCUT2D eigenvalue weighted by atomic mass is 10.0. The van der Waals surface area contributed by atoms with Crippen LogP contribution in [0.5, 0.6) is 5.75 Å². The predicted octanol–water partition coefficient (Wildman–Crippen LogP) is 3.56. The molecule has 170 valence electrons. The Balaban J connectivity index is 1.49. The fourth-order valence-electron chi connectivity index (χ4n) is 4.29. The van der Waals surface area contributed by atoms with E-state index in [9.17, 15) is 4.79 Å². The second kappa shape index (κ2) is 10.1.